The van der Waals surface area contributed by atoms with Gasteiger partial charge in [0.05, 0.1) is 6.61 Å². The van der Waals surface area contributed by atoms with Gasteiger partial charge < -0.3 is 14.8 Å². The van der Waals surface area contributed by atoms with Crippen LogP contribution in [-0.2, 0) is 4.74 Å². The Morgan fingerprint density at radius 2 is 2.37 bits per heavy atom. The minimum Gasteiger partial charge on any atom is -0.489 e. The lowest BCUT2D eigenvalue weighted by Gasteiger charge is -2.23. The van der Waals surface area contributed by atoms with Gasteiger partial charge in [-0.3, -0.25) is 4.98 Å². The number of rotatable bonds is 3. The maximum Gasteiger partial charge on any atom is 0.145 e. The van der Waals surface area contributed by atoms with Gasteiger partial charge in [0.1, 0.15) is 29.8 Å². The molecule has 2 aromatic rings. The van der Waals surface area contributed by atoms with E-state index in [2.05, 4.69) is 10.3 Å². The molecule has 5 heteroatoms. The van der Waals surface area contributed by atoms with Crippen LogP contribution in [0.2, 0.25) is 0 Å². The number of hydrogen-bond acceptors (Lipinski definition) is 4. The monoisotopic (exact) mass is 262 g/mol. The van der Waals surface area contributed by atoms with Gasteiger partial charge in [0, 0.05) is 24.7 Å². The second kappa shape index (κ2) is 5.50. The third-order valence-electron chi connectivity index (χ3n) is 3.11. The molecular weight excluding hydrogens is 247 g/mol. The number of halogens is 1. The van der Waals surface area contributed by atoms with Gasteiger partial charge in [-0.15, -0.1) is 0 Å². The van der Waals surface area contributed by atoms with Crippen LogP contribution < -0.4 is 10.1 Å². The van der Waals surface area contributed by atoms with E-state index in [0.717, 1.165) is 13.1 Å². The maximum absolute atomic E-state index is 13.6. The van der Waals surface area contributed by atoms with Gasteiger partial charge in [0.15, 0.2) is 0 Å². The van der Waals surface area contributed by atoms with Crippen LogP contribution in [0.4, 0.5) is 4.39 Å². The summed E-state index contributed by atoms with van der Waals surface area (Å²) in [7, 11) is 0. The molecule has 0 saturated carbocycles. The fourth-order valence-corrected chi connectivity index (χ4v) is 2.14. The molecule has 0 spiro atoms. The van der Waals surface area contributed by atoms with Crippen LogP contribution in [0.25, 0.3) is 10.9 Å². The van der Waals surface area contributed by atoms with Crippen molar-refractivity contribution in [3.63, 3.8) is 0 Å². The van der Waals surface area contributed by atoms with Crippen LogP contribution in [-0.4, -0.2) is 37.4 Å². The molecule has 1 aromatic carbocycles. The number of aromatic nitrogens is 1. The SMILES string of the molecule is Fc1ccc(OCC2CNCCO2)c2ncccc12. The van der Waals surface area contributed by atoms with E-state index < -0.39 is 0 Å². The minimum absolute atomic E-state index is 0.0255. The van der Waals surface area contributed by atoms with Gasteiger partial charge in [-0.1, -0.05) is 0 Å². The molecule has 1 atom stereocenters. The molecule has 19 heavy (non-hydrogen) atoms. The second-order valence-corrected chi connectivity index (χ2v) is 4.45. The molecule has 1 aliphatic rings. The summed E-state index contributed by atoms with van der Waals surface area (Å²) in [4.78, 5) is 4.18. The van der Waals surface area contributed by atoms with Crippen molar-refractivity contribution in [1.29, 1.82) is 0 Å². The largest absolute Gasteiger partial charge is 0.489 e. The molecule has 1 aliphatic heterocycles. The van der Waals surface area contributed by atoms with Crippen molar-refractivity contribution < 1.29 is 13.9 Å². The minimum atomic E-state index is -0.286. The molecule has 0 radical (unpaired) electrons. The molecule has 0 aliphatic carbocycles. The topological polar surface area (TPSA) is 43.4 Å². The van der Waals surface area contributed by atoms with Gasteiger partial charge in [0.2, 0.25) is 0 Å². The number of fused-ring (bicyclic) bond motifs is 1. The average molecular weight is 262 g/mol. The summed E-state index contributed by atoms with van der Waals surface area (Å²) >= 11 is 0. The summed E-state index contributed by atoms with van der Waals surface area (Å²) in [5, 5.41) is 3.71. The third kappa shape index (κ3) is 2.67. The highest BCUT2D eigenvalue weighted by Gasteiger charge is 2.15. The molecule has 0 amide bonds. The first-order valence-corrected chi connectivity index (χ1v) is 6.33. The van der Waals surface area contributed by atoms with E-state index in [-0.39, 0.29) is 11.9 Å². The third-order valence-corrected chi connectivity index (χ3v) is 3.11. The first-order chi connectivity index (χ1) is 9.34. The van der Waals surface area contributed by atoms with E-state index in [1.807, 2.05) is 0 Å². The van der Waals surface area contributed by atoms with Crippen molar-refractivity contribution in [2.45, 2.75) is 6.10 Å². The predicted molar refractivity (Wildman–Crippen MR) is 69.8 cm³/mol. The molecule has 1 saturated heterocycles. The Morgan fingerprint density at radius 1 is 1.42 bits per heavy atom. The van der Waals surface area contributed by atoms with Gasteiger partial charge in [-0.05, 0) is 24.3 Å². The molecule has 1 unspecified atom stereocenters. The normalized spacial score (nSPS) is 19.5. The zero-order valence-electron chi connectivity index (χ0n) is 10.4. The van der Waals surface area contributed by atoms with Crippen molar-refractivity contribution in [1.82, 2.24) is 10.3 Å². The first kappa shape index (κ1) is 12.3. The molecule has 1 N–H and O–H groups in total. The van der Waals surface area contributed by atoms with Gasteiger partial charge in [-0.2, -0.15) is 0 Å². The molecular formula is C14H15FN2O2. The molecule has 4 nitrogen and oxygen atoms in total. The summed E-state index contributed by atoms with van der Waals surface area (Å²) in [6, 6.07) is 6.42. The standard InChI is InChI=1S/C14H15FN2O2/c15-12-3-4-13(14-11(12)2-1-5-17-14)19-9-10-8-16-6-7-18-10/h1-5,10,16H,6-9H2. The Bertz CT molecular complexity index is 570. The molecule has 100 valence electrons. The lowest BCUT2D eigenvalue weighted by Crippen LogP contribution is -2.41. The number of nitrogens with zero attached hydrogens (tertiary/aromatic N) is 1. The van der Waals surface area contributed by atoms with Crippen molar-refractivity contribution in [3.05, 3.63) is 36.3 Å². The Morgan fingerprint density at radius 3 is 3.21 bits per heavy atom. The number of pyridine rings is 1. The highest BCUT2D eigenvalue weighted by Crippen LogP contribution is 2.25. The smallest absolute Gasteiger partial charge is 0.145 e. The predicted octanol–water partition coefficient (Wildman–Crippen LogP) is 1.74. The highest BCUT2D eigenvalue weighted by atomic mass is 19.1. The maximum atomic E-state index is 13.6. The van der Waals surface area contributed by atoms with Crippen LogP contribution in [0.15, 0.2) is 30.5 Å². The fourth-order valence-electron chi connectivity index (χ4n) is 2.14. The van der Waals surface area contributed by atoms with Crippen LogP contribution >= 0.6 is 0 Å². The summed E-state index contributed by atoms with van der Waals surface area (Å²) in [6.07, 6.45) is 1.66. The van der Waals surface area contributed by atoms with Crippen molar-refractivity contribution in [3.8, 4) is 5.75 Å². The van der Waals surface area contributed by atoms with Gasteiger partial charge >= 0.3 is 0 Å². The average Bonchev–Trinajstić information content (AvgIpc) is 2.48. The summed E-state index contributed by atoms with van der Waals surface area (Å²) < 4.78 is 24.9. The Labute approximate surface area is 110 Å². The Kier molecular flexibility index (Phi) is 3.57. The number of benzene rings is 1. The van der Waals surface area contributed by atoms with E-state index in [1.165, 1.54) is 6.07 Å². The lowest BCUT2D eigenvalue weighted by atomic mass is 10.2. The van der Waals surface area contributed by atoms with E-state index in [4.69, 9.17) is 9.47 Å². The van der Waals surface area contributed by atoms with Crippen molar-refractivity contribution in [2.24, 2.45) is 0 Å². The number of ether oxygens (including phenoxy) is 2. The lowest BCUT2D eigenvalue weighted by molar-refractivity contribution is 0.000468. The molecule has 1 fully saturated rings. The molecule has 3 rings (SSSR count). The van der Waals surface area contributed by atoms with E-state index >= 15 is 0 Å². The van der Waals surface area contributed by atoms with Gasteiger partial charge in [-0.25, -0.2) is 4.39 Å². The first-order valence-electron chi connectivity index (χ1n) is 6.33. The zero-order valence-corrected chi connectivity index (χ0v) is 10.4. The summed E-state index contributed by atoms with van der Waals surface area (Å²) in [5.74, 6) is 0.303. The highest BCUT2D eigenvalue weighted by molar-refractivity contribution is 5.84. The van der Waals surface area contributed by atoms with E-state index in [9.17, 15) is 4.39 Å². The molecule has 2 heterocycles. The molecule has 1 aromatic heterocycles. The van der Waals surface area contributed by atoms with Crippen molar-refractivity contribution >= 4 is 10.9 Å². The van der Waals surface area contributed by atoms with E-state index in [1.54, 1.807) is 24.4 Å². The van der Waals surface area contributed by atoms with E-state index in [0.29, 0.717) is 29.9 Å². The Balaban J connectivity index is 1.79. The van der Waals surface area contributed by atoms with Crippen LogP contribution in [0, 0.1) is 5.82 Å². The van der Waals surface area contributed by atoms with Crippen LogP contribution in [0.5, 0.6) is 5.75 Å². The second-order valence-electron chi connectivity index (χ2n) is 4.45. The molecule has 0 bridgehead atoms. The fraction of sp³-hybridized carbons (Fsp3) is 0.357. The number of nitrogens with one attached hydrogen (secondary N) is 1. The number of hydrogen-bond donors (Lipinski definition) is 1. The van der Waals surface area contributed by atoms with Crippen molar-refractivity contribution in [2.75, 3.05) is 26.3 Å². The Hall–Kier alpha value is -1.72. The summed E-state index contributed by atoms with van der Waals surface area (Å²) in [6.45, 7) is 2.77. The van der Waals surface area contributed by atoms with Crippen LogP contribution in [0.1, 0.15) is 0 Å². The summed E-state index contributed by atoms with van der Waals surface area (Å²) in [5.41, 5.74) is 0.547. The van der Waals surface area contributed by atoms with Crippen LogP contribution in [0.3, 0.4) is 0 Å². The zero-order chi connectivity index (χ0) is 13.1. The quantitative estimate of drug-likeness (QED) is 0.915. The number of morpholine rings is 1. The van der Waals surface area contributed by atoms with Gasteiger partial charge in [0.25, 0.3) is 0 Å².